The Labute approximate surface area is 49.0 Å². The van der Waals surface area contributed by atoms with Gasteiger partial charge in [-0.2, -0.15) is 0 Å². The van der Waals surface area contributed by atoms with E-state index in [2.05, 4.69) is 0 Å². The van der Waals surface area contributed by atoms with Crippen LogP contribution in [0.1, 0.15) is 13.8 Å². The van der Waals surface area contributed by atoms with Gasteiger partial charge in [0.15, 0.2) is 0 Å². The first-order valence-corrected chi connectivity index (χ1v) is 2.42. The summed E-state index contributed by atoms with van der Waals surface area (Å²) < 4.78 is 0. The fourth-order valence-electron chi connectivity index (χ4n) is 0.296. The van der Waals surface area contributed by atoms with Crippen LogP contribution in [0.3, 0.4) is 0 Å². The van der Waals surface area contributed by atoms with E-state index in [0.29, 0.717) is 5.70 Å². The summed E-state index contributed by atoms with van der Waals surface area (Å²) in [5, 5.41) is 8.59. The van der Waals surface area contributed by atoms with E-state index >= 15 is 0 Å². The SMILES string of the molecule is CC(C)=C(N)C(N)O. The number of aliphatic hydroxyl groups is 1. The van der Waals surface area contributed by atoms with Gasteiger partial charge in [-0.25, -0.2) is 0 Å². The average molecular weight is 116 g/mol. The van der Waals surface area contributed by atoms with Crippen molar-refractivity contribution in [2.75, 3.05) is 0 Å². The highest BCUT2D eigenvalue weighted by atomic mass is 16.3. The van der Waals surface area contributed by atoms with Gasteiger partial charge in [-0.15, -0.1) is 0 Å². The number of nitrogens with two attached hydrogens (primary N) is 2. The van der Waals surface area contributed by atoms with E-state index in [1.807, 2.05) is 0 Å². The van der Waals surface area contributed by atoms with E-state index in [1.165, 1.54) is 0 Å². The van der Waals surface area contributed by atoms with Gasteiger partial charge in [-0.05, 0) is 13.8 Å². The van der Waals surface area contributed by atoms with Crippen LogP contribution in [0.4, 0.5) is 0 Å². The van der Waals surface area contributed by atoms with Gasteiger partial charge in [0, 0.05) is 0 Å². The summed E-state index contributed by atoms with van der Waals surface area (Å²) in [6.07, 6.45) is -1.00. The molecule has 0 saturated heterocycles. The fraction of sp³-hybridized carbons (Fsp3) is 0.600. The molecule has 5 N–H and O–H groups in total. The fourth-order valence-corrected chi connectivity index (χ4v) is 0.296. The minimum Gasteiger partial charge on any atom is -0.399 e. The normalized spacial score (nSPS) is 13.0. The molecular weight excluding hydrogens is 104 g/mol. The molecule has 0 bridgehead atoms. The van der Waals surface area contributed by atoms with Crippen LogP contribution >= 0.6 is 0 Å². The van der Waals surface area contributed by atoms with Gasteiger partial charge in [0.25, 0.3) is 0 Å². The third-order valence-electron chi connectivity index (χ3n) is 0.896. The van der Waals surface area contributed by atoms with Gasteiger partial charge in [0.2, 0.25) is 0 Å². The Hall–Kier alpha value is -0.540. The first-order valence-electron chi connectivity index (χ1n) is 2.42. The first kappa shape index (κ1) is 7.46. The molecule has 0 rings (SSSR count). The lowest BCUT2D eigenvalue weighted by Crippen LogP contribution is -2.27. The molecule has 0 radical (unpaired) electrons. The second-order valence-corrected chi connectivity index (χ2v) is 1.90. The number of rotatable bonds is 1. The largest absolute Gasteiger partial charge is 0.399 e. The predicted molar refractivity (Wildman–Crippen MR) is 32.8 cm³/mol. The lowest BCUT2D eigenvalue weighted by molar-refractivity contribution is 0.216. The summed E-state index contributed by atoms with van der Waals surface area (Å²) in [5.74, 6) is 0. The zero-order valence-electron chi connectivity index (χ0n) is 5.18. The number of hydrogen-bond acceptors (Lipinski definition) is 3. The van der Waals surface area contributed by atoms with Crippen molar-refractivity contribution in [3.05, 3.63) is 11.3 Å². The molecule has 0 fully saturated rings. The van der Waals surface area contributed by atoms with Crippen molar-refractivity contribution >= 4 is 0 Å². The Morgan fingerprint density at radius 2 is 1.88 bits per heavy atom. The molecule has 0 aliphatic heterocycles. The molecule has 0 aromatic heterocycles. The Morgan fingerprint density at radius 1 is 1.50 bits per heavy atom. The van der Waals surface area contributed by atoms with Gasteiger partial charge < -0.3 is 16.6 Å². The summed E-state index contributed by atoms with van der Waals surface area (Å²) >= 11 is 0. The highest BCUT2D eigenvalue weighted by Crippen LogP contribution is 1.95. The lowest BCUT2D eigenvalue weighted by Gasteiger charge is -2.04. The molecule has 0 spiro atoms. The molecular formula is C5H12N2O. The monoisotopic (exact) mass is 116 g/mol. The van der Waals surface area contributed by atoms with Gasteiger partial charge in [0.1, 0.15) is 6.23 Å². The molecule has 0 aromatic carbocycles. The van der Waals surface area contributed by atoms with Crippen LogP contribution in [0.25, 0.3) is 0 Å². The van der Waals surface area contributed by atoms with E-state index < -0.39 is 6.23 Å². The molecule has 1 unspecified atom stereocenters. The van der Waals surface area contributed by atoms with Crippen LogP contribution in [-0.4, -0.2) is 11.3 Å². The van der Waals surface area contributed by atoms with Crippen molar-refractivity contribution in [2.24, 2.45) is 11.5 Å². The van der Waals surface area contributed by atoms with Crippen molar-refractivity contribution in [1.82, 2.24) is 0 Å². The van der Waals surface area contributed by atoms with Gasteiger partial charge >= 0.3 is 0 Å². The Kier molecular flexibility index (Phi) is 2.51. The van der Waals surface area contributed by atoms with E-state index in [9.17, 15) is 0 Å². The maximum Gasteiger partial charge on any atom is 0.142 e. The van der Waals surface area contributed by atoms with Crippen molar-refractivity contribution in [2.45, 2.75) is 20.1 Å². The molecule has 3 nitrogen and oxygen atoms in total. The summed E-state index contributed by atoms with van der Waals surface area (Å²) in [6.45, 7) is 3.59. The van der Waals surface area contributed by atoms with Gasteiger partial charge in [0.05, 0.1) is 5.70 Å². The lowest BCUT2D eigenvalue weighted by atomic mass is 10.2. The Bertz CT molecular complexity index is 103. The molecule has 0 heterocycles. The van der Waals surface area contributed by atoms with Gasteiger partial charge in [-0.3, -0.25) is 0 Å². The third-order valence-corrected chi connectivity index (χ3v) is 0.896. The van der Waals surface area contributed by atoms with Crippen LogP contribution in [-0.2, 0) is 0 Å². The summed E-state index contributed by atoms with van der Waals surface area (Å²) in [7, 11) is 0. The number of aliphatic hydroxyl groups excluding tert-OH is 1. The Morgan fingerprint density at radius 3 is 1.88 bits per heavy atom. The van der Waals surface area contributed by atoms with Gasteiger partial charge in [-0.1, -0.05) is 5.57 Å². The Balaban J connectivity index is 4.00. The molecule has 1 atom stereocenters. The number of hydrogen-bond donors (Lipinski definition) is 3. The molecule has 0 aliphatic carbocycles. The summed E-state index contributed by atoms with van der Waals surface area (Å²) in [6, 6.07) is 0. The highest BCUT2D eigenvalue weighted by Gasteiger charge is 1.98. The van der Waals surface area contributed by atoms with Crippen LogP contribution in [0.5, 0.6) is 0 Å². The standard InChI is InChI=1S/C5H12N2O/c1-3(2)4(6)5(7)8/h5,8H,6-7H2,1-2H3. The highest BCUT2D eigenvalue weighted by molar-refractivity contribution is 5.08. The maximum absolute atomic E-state index is 8.59. The van der Waals surface area contributed by atoms with Crippen molar-refractivity contribution in [1.29, 1.82) is 0 Å². The number of allylic oxidation sites excluding steroid dienone is 1. The van der Waals surface area contributed by atoms with Crippen molar-refractivity contribution in [3.8, 4) is 0 Å². The van der Waals surface area contributed by atoms with Crippen LogP contribution < -0.4 is 11.5 Å². The van der Waals surface area contributed by atoms with E-state index in [1.54, 1.807) is 13.8 Å². The predicted octanol–water partition coefficient (Wildman–Crippen LogP) is -0.484. The quantitative estimate of drug-likeness (QED) is 0.405. The second-order valence-electron chi connectivity index (χ2n) is 1.90. The van der Waals surface area contributed by atoms with Crippen LogP contribution in [0.15, 0.2) is 11.3 Å². The molecule has 0 aliphatic rings. The van der Waals surface area contributed by atoms with E-state index in [4.69, 9.17) is 16.6 Å². The zero-order chi connectivity index (χ0) is 6.73. The summed E-state index contributed by atoms with van der Waals surface area (Å²) in [5.41, 5.74) is 11.5. The van der Waals surface area contributed by atoms with Crippen molar-refractivity contribution in [3.63, 3.8) is 0 Å². The van der Waals surface area contributed by atoms with Crippen LogP contribution in [0, 0.1) is 0 Å². The molecule has 0 amide bonds. The zero-order valence-corrected chi connectivity index (χ0v) is 5.18. The maximum atomic E-state index is 8.59. The third kappa shape index (κ3) is 1.95. The molecule has 0 aromatic rings. The minimum atomic E-state index is -1.00. The average Bonchev–Trinajstić information content (AvgIpc) is 1.64. The molecule has 3 heteroatoms. The van der Waals surface area contributed by atoms with E-state index in [0.717, 1.165) is 5.57 Å². The van der Waals surface area contributed by atoms with Crippen LogP contribution in [0.2, 0.25) is 0 Å². The topological polar surface area (TPSA) is 72.3 Å². The molecule has 8 heavy (non-hydrogen) atoms. The molecule has 0 saturated carbocycles. The first-order chi connectivity index (χ1) is 3.55. The molecule has 48 valence electrons. The smallest absolute Gasteiger partial charge is 0.142 e. The van der Waals surface area contributed by atoms with Crippen molar-refractivity contribution < 1.29 is 5.11 Å². The van der Waals surface area contributed by atoms with E-state index in [-0.39, 0.29) is 0 Å². The second kappa shape index (κ2) is 2.69. The summed E-state index contributed by atoms with van der Waals surface area (Å²) in [4.78, 5) is 0. The minimum absolute atomic E-state index is 0.352.